The van der Waals surface area contributed by atoms with Gasteiger partial charge in [0.1, 0.15) is 11.1 Å². The molecule has 0 aliphatic rings. The van der Waals surface area contributed by atoms with Gasteiger partial charge in [0.25, 0.3) is 0 Å². The quantitative estimate of drug-likeness (QED) is 0.179. The van der Waals surface area contributed by atoms with Gasteiger partial charge in [-0.05, 0) is 76.5 Å². The Morgan fingerprint density at radius 3 is 1.84 bits per heavy atom. The van der Waals surface area contributed by atoms with Gasteiger partial charge in [0.15, 0.2) is 11.4 Å². The summed E-state index contributed by atoms with van der Waals surface area (Å²) in [6.07, 6.45) is 0. The third-order valence-corrected chi connectivity index (χ3v) is 13.4. The molecular formula is C56H31N5O. The van der Waals surface area contributed by atoms with E-state index in [0.717, 1.165) is 54.7 Å². The monoisotopic (exact) mass is 789 g/mol. The molecule has 0 atom stereocenters. The number of nitrogens with zero attached hydrogens (tertiary/aromatic N) is 5. The fourth-order valence-electron chi connectivity index (χ4n) is 10.8. The van der Waals surface area contributed by atoms with Crippen molar-refractivity contribution in [1.82, 2.24) is 23.5 Å². The van der Waals surface area contributed by atoms with Gasteiger partial charge in [-0.25, -0.2) is 4.98 Å². The van der Waals surface area contributed by atoms with Crippen molar-refractivity contribution >= 4 is 115 Å². The van der Waals surface area contributed by atoms with Crippen LogP contribution >= 0.6 is 0 Å². The molecule has 0 saturated carbocycles. The highest BCUT2D eigenvalue weighted by molar-refractivity contribution is 6.34. The van der Waals surface area contributed by atoms with Crippen molar-refractivity contribution in [3.8, 4) is 22.9 Å². The maximum absolute atomic E-state index is 6.81. The standard InChI is InChI=1S/C56H31N5O/c1-2-14-32(15-3-1)34-27-28-46-40(30-34)42-31-41-36-18-6-10-22-43(36)61(53(41)50-38-20-8-11-23-44(38)59(46)52(42)50)56-57-51-39-21-9-13-25-48(39)62-54(51)55(58-56)60-45-24-12-7-19-37(45)49-35-17-5-4-16-33(35)26-29-47(49)60/h1-31H. The Morgan fingerprint density at radius 1 is 0.371 bits per heavy atom. The van der Waals surface area contributed by atoms with Crippen LogP contribution in [0, 0.1) is 0 Å². The third kappa shape index (κ3) is 4.04. The first kappa shape index (κ1) is 32.4. The zero-order valence-corrected chi connectivity index (χ0v) is 33.0. The Hall–Kier alpha value is -8.48. The second kappa shape index (κ2) is 11.6. The van der Waals surface area contributed by atoms with Gasteiger partial charge >= 0.3 is 0 Å². The molecular weight excluding hydrogens is 759 g/mol. The molecule has 0 bridgehead atoms. The minimum absolute atomic E-state index is 0.589. The van der Waals surface area contributed by atoms with E-state index in [-0.39, 0.29) is 0 Å². The van der Waals surface area contributed by atoms with Crippen molar-refractivity contribution < 1.29 is 4.42 Å². The number of furan rings is 1. The molecule has 0 aliphatic heterocycles. The van der Waals surface area contributed by atoms with Gasteiger partial charge in [0.05, 0.1) is 38.6 Å². The smallest absolute Gasteiger partial charge is 0.237 e. The lowest BCUT2D eigenvalue weighted by atomic mass is 10.00. The van der Waals surface area contributed by atoms with E-state index in [9.17, 15) is 0 Å². The molecule has 15 aromatic rings. The second-order valence-corrected chi connectivity index (χ2v) is 16.5. The molecule has 6 aromatic heterocycles. The molecule has 0 fully saturated rings. The van der Waals surface area contributed by atoms with Gasteiger partial charge in [0, 0.05) is 48.5 Å². The number of hydrogen-bond donors (Lipinski definition) is 0. The van der Waals surface area contributed by atoms with Gasteiger partial charge < -0.3 is 8.82 Å². The number of hydrogen-bond acceptors (Lipinski definition) is 3. The van der Waals surface area contributed by atoms with Crippen LogP contribution in [-0.4, -0.2) is 23.5 Å². The first-order valence-electron chi connectivity index (χ1n) is 21.1. The van der Waals surface area contributed by atoms with E-state index in [1.54, 1.807) is 0 Å². The maximum Gasteiger partial charge on any atom is 0.237 e. The van der Waals surface area contributed by atoms with Crippen LogP contribution in [0.1, 0.15) is 0 Å². The highest BCUT2D eigenvalue weighted by Gasteiger charge is 2.28. The molecule has 0 N–H and O–H groups in total. The van der Waals surface area contributed by atoms with Crippen molar-refractivity contribution in [2.75, 3.05) is 0 Å². The molecule has 0 amide bonds. The lowest BCUT2D eigenvalue weighted by molar-refractivity contribution is 0.661. The summed E-state index contributed by atoms with van der Waals surface area (Å²) in [4.78, 5) is 11.2. The molecule has 6 heterocycles. The van der Waals surface area contributed by atoms with Crippen molar-refractivity contribution in [2.24, 2.45) is 0 Å². The van der Waals surface area contributed by atoms with Crippen LogP contribution in [0.25, 0.3) is 137 Å². The van der Waals surface area contributed by atoms with Crippen LogP contribution < -0.4 is 0 Å². The van der Waals surface area contributed by atoms with Crippen molar-refractivity contribution in [3.63, 3.8) is 0 Å². The van der Waals surface area contributed by atoms with Gasteiger partial charge in [-0.1, -0.05) is 133 Å². The van der Waals surface area contributed by atoms with E-state index in [1.807, 2.05) is 12.1 Å². The molecule has 0 unspecified atom stereocenters. The lowest BCUT2D eigenvalue weighted by Crippen LogP contribution is -2.06. The summed E-state index contributed by atoms with van der Waals surface area (Å²) < 4.78 is 13.9. The maximum atomic E-state index is 6.81. The Morgan fingerprint density at radius 2 is 1.00 bits per heavy atom. The number of fused-ring (bicyclic) bond motifs is 18. The first-order chi connectivity index (χ1) is 30.8. The minimum Gasteiger partial charge on any atom is -0.450 e. The summed E-state index contributed by atoms with van der Waals surface area (Å²) in [5, 5.41) is 12.9. The largest absolute Gasteiger partial charge is 0.450 e. The van der Waals surface area contributed by atoms with Crippen LogP contribution in [0.4, 0.5) is 0 Å². The van der Waals surface area contributed by atoms with Gasteiger partial charge in [-0.15, -0.1) is 0 Å². The average molecular weight is 790 g/mol. The molecule has 0 aliphatic carbocycles. The van der Waals surface area contributed by atoms with Crippen molar-refractivity contribution in [1.29, 1.82) is 0 Å². The number of benzene rings is 9. The van der Waals surface area contributed by atoms with E-state index in [4.69, 9.17) is 14.4 Å². The highest BCUT2D eigenvalue weighted by Crippen LogP contribution is 2.47. The Labute approximate surface area is 352 Å². The molecule has 62 heavy (non-hydrogen) atoms. The van der Waals surface area contributed by atoms with E-state index in [2.05, 4.69) is 189 Å². The SMILES string of the molecule is c1ccc(-c2ccc3c(c2)c2cc4c5ccccc5n(-c5nc(-n6c7ccccc7c7c8ccccc8ccc76)c6oc7ccccc7c6n5)c4c4c5ccccc5n3c24)cc1. The zero-order valence-electron chi connectivity index (χ0n) is 33.0. The fraction of sp³-hybridized carbons (Fsp3) is 0. The highest BCUT2D eigenvalue weighted by atomic mass is 16.3. The molecule has 0 spiro atoms. The number of para-hydroxylation sites is 4. The fourth-order valence-corrected chi connectivity index (χ4v) is 10.8. The Bertz CT molecular complexity index is 4390. The number of aromatic nitrogens is 5. The Kier molecular flexibility index (Phi) is 6.07. The predicted octanol–water partition coefficient (Wildman–Crippen LogP) is 14.5. The van der Waals surface area contributed by atoms with E-state index < -0.39 is 0 Å². The summed E-state index contributed by atoms with van der Waals surface area (Å²) in [6.45, 7) is 0. The molecule has 0 radical (unpaired) electrons. The summed E-state index contributed by atoms with van der Waals surface area (Å²) in [7, 11) is 0. The van der Waals surface area contributed by atoms with Crippen molar-refractivity contribution in [3.05, 3.63) is 188 Å². The minimum atomic E-state index is 0.589. The normalized spacial score (nSPS) is 12.5. The summed E-state index contributed by atoms with van der Waals surface area (Å²) in [5.74, 6) is 1.29. The molecule has 9 aromatic carbocycles. The van der Waals surface area contributed by atoms with Crippen LogP contribution in [-0.2, 0) is 0 Å². The molecule has 6 nitrogen and oxygen atoms in total. The molecule has 286 valence electrons. The van der Waals surface area contributed by atoms with Crippen LogP contribution in [0.3, 0.4) is 0 Å². The van der Waals surface area contributed by atoms with E-state index in [1.165, 1.54) is 65.4 Å². The van der Waals surface area contributed by atoms with Gasteiger partial charge in [-0.3, -0.25) is 9.13 Å². The van der Waals surface area contributed by atoms with Gasteiger partial charge in [-0.2, -0.15) is 4.98 Å². The summed E-state index contributed by atoms with van der Waals surface area (Å²) in [5.41, 5.74) is 12.4. The number of rotatable bonds is 3. The zero-order chi connectivity index (χ0) is 40.2. The average Bonchev–Trinajstić information content (AvgIpc) is 4.13. The van der Waals surface area contributed by atoms with E-state index in [0.29, 0.717) is 17.3 Å². The molecule has 6 heteroatoms. The van der Waals surface area contributed by atoms with Crippen LogP contribution in [0.2, 0.25) is 0 Å². The van der Waals surface area contributed by atoms with Crippen LogP contribution in [0.15, 0.2) is 192 Å². The third-order valence-electron chi connectivity index (χ3n) is 13.4. The molecule has 0 saturated heterocycles. The van der Waals surface area contributed by atoms with Gasteiger partial charge in [0.2, 0.25) is 5.95 Å². The topological polar surface area (TPSA) is 53.2 Å². The second-order valence-electron chi connectivity index (χ2n) is 16.5. The molecule has 15 rings (SSSR count). The first-order valence-corrected chi connectivity index (χ1v) is 21.1. The Balaban J connectivity index is 1.13. The predicted molar refractivity (Wildman–Crippen MR) is 256 cm³/mol. The lowest BCUT2D eigenvalue weighted by Gasteiger charge is -2.12. The van der Waals surface area contributed by atoms with Crippen molar-refractivity contribution in [2.45, 2.75) is 0 Å². The van der Waals surface area contributed by atoms with E-state index >= 15 is 0 Å². The summed E-state index contributed by atoms with van der Waals surface area (Å²) >= 11 is 0. The van der Waals surface area contributed by atoms with Crippen LogP contribution in [0.5, 0.6) is 0 Å². The summed E-state index contributed by atoms with van der Waals surface area (Å²) in [6, 6.07) is 67.5.